The van der Waals surface area contributed by atoms with Crippen LogP contribution in [0.5, 0.6) is 5.75 Å². The van der Waals surface area contributed by atoms with E-state index in [0.717, 1.165) is 26.5 Å². The SMILES string of the molecule is CC(C)(C)c1csc(COc2ccc(CN)cc2Br)n1. The predicted molar refractivity (Wildman–Crippen MR) is 87.2 cm³/mol. The minimum Gasteiger partial charge on any atom is -0.485 e. The zero-order valence-electron chi connectivity index (χ0n) is 11.9. The van der Waals surface area contributed by atoms with Gasteiger partial charge in [-0.2, -0.15) is 0 Å². The van der Waals surface area contributed by atoms with Crippen molar-refractivity contribution in [1.82, 2.24) is 4.98 Å². The van der Waals surface area contributed by atoms with Crippen molar-refractivity contribution in [3.05, 3.63) is 44.3 Å². The Morgan fingerprint density at radius 1 is 1.35 bits per heavy atom. The Kier molecular flexibility index (Phi) is 4.83. The molecule has 0 aliphatic heterocycles. The van der Waals surface area contributed by atoms with E-state index < -0.39 is 0 Å². The number of nitrogens with zero attached hydrogens (tertiary/aromatic N) is 1. The molecule has 3 nitrogen and oxygen atoms in total. The summed E-state index contributed by atoms with van der Waals surface area (Å²) >= 11 is 5.14. The van der Waals surface area contributed by atoms with E-state index in [-0.39, 0.29) is 5.41 Å². The largest absolute Gasteiger partial charge is 0.485 e. The van der Waals surface area contributed by atoms with E-state index in [4.69, 9.17) is 10.5 Å². The zero-order chi connectivity index (χ0) is 14.8. The van der Waals surface area contributed by atoms with E-state index >= 15 is 0 Å². The van der Waals surface area contributed by atoms with Crippen LogP contribution in [0.4, 0.5) is 0 Å². The maximum atomic E-state index is 5.81. The molecule has 0 atom stereocenters. The van der Waals surface area contributed by atoms with Crippen molar-refractivity contribution in [2.75, 3.05) is 0 Å². The van der Waals surface area contributed by atoms with Crippen LogP contribution in [0.1, 0.15) is 37.0 Å². The van der Waals surface area contributed by atoms with Crippen molar-refractivity contribution in [3.8, 4) is 5.75 Å². The molecule has 2 rings (SSSR count). The molecule has 108 valence electrons. The van der Waals surface area contributed by atoms with Gasteiger partial charge in [-0.1, -0.05) is 26.8 Å². The molecule has 1 aromatic heterocycles. The van der Waals surface area contributed by atoms with Crippen molar-refractivity contribution >= 4 is 27.3 Å². The zero-order valence-corrected chi connectivity index (χ0v) is 14.3. The van der Waals surface area contributed by atoms with Gasteiger partial charge in [0.15, 0.2) is 0 Å². The van der Waals surface area contributed by atoms with Crippen LogP contribution < -0.4 is 10.5 Å². The highest BCUT2D eigenvalue weighted by atomic mass is 79.9. The fourth-order valence-electron chi connectivity index (χ4n) is 1.65. The fourth-order valence-corrected chi connectivity index (χ4v) is 3.12. The minimum absolute atomic E-state index is 0.0815. The molecule has 0 radical (unpaired) electrons. The van der Waals surface area contributed by atoms with Crippen LogP contribution in [-0.2, 0) is 18.6 Å². The smallest absolute Gasteiger partial charge is 0.140 e. The van der Waals surface area contributed by atoms with Gasteiger partial charge in [-0.15, -0.1) is 11.3 Å². The summed E-state index contributed by atoms with van der Waals surface area (Å²) in [7, 11) is 0. The maximum absolute atomic E-state index is 5.81. The lowest BCUT2D eigenvalue weighted by atomic mass is 9.93. The first-order chi connectivity index (χ1) is 9.40. The Balaban J connectivity index is 2.04. The van der Waals surface area contributed by atoms with Gasteiger partial charge in [-0.25, -0.2) is 4.98 Å². The van der Waals surface area contributed by atoms with E-state index in [0.29, 0.717) is 13.2 Å². The Labute approximate surface area is 132 Å². The lowest BCUT2D eigenvalue weighted by molar-refractivity contribution is 0.303. The summed E-state index contributed by atoms with van der Waals surface area (Å²) in [6.45, 7) is 7.50. The number of nitrogens with two attached hydrogens (primary N) is 1. The third kappa shape index (κ3) is 3.81. The second-order valence-corrected chi connectivity index (χ2v) is 7.43. The molecule has 2 N–H and O–H groups in total. The summed E-state index contributed by atoms with van der Waals surface area (Å²) in [5, 5.41) is 3.09. The molecule has 0 saturated heterocycles. The Morgan fingerprint density at radius 3 is 2.65 bits per heavy atom. The molecular weight excluding hydrogens is 336 g/mol. The van der Waals surface area contributed by atoms with Crippen molar-refractivity contribution < 1.29 is 4.74 Å². The second-order valence-electron chi connectivity index (χ2n) is 5.63. The molecule has 0 aliphatic rings. The lowest BCUT2D eigenvalue weighted by Gasteiger charge is -2.14. The van der Waals surface area contributed by atoms with Crippen LogP contribution in [0.2, 0.25) is 0 Å². The summed E-state index contributed by atoms with van der Waals surface area (Å²) in [6, 6.07) is 5.89. The van der Waals surface area contributed by atoms with Crippen LogP contribution in [0.15, 0.2) is 28.1 Å². The van der Waals surface area contributed by atoms with Gasteiger partial charge in [0.25, 0.3) is 0 Å². The predicted octanol–water partition coefficient (Wildman–Crippen LogP) is 4.24. The summed E-state index contributed by atoms with van der Waals surface area (Å²) in [5.74, 6) is 0.815. The molecule has 0 aliphatic carbocycles. The molecule has 0 spiro atoms. The number of thiazole rings is 1. The number of aromatic nitrogens is 1. The lowest BCUT2D eigenvalue weighted by Crippen LogP contribution is -2.11. The molecule has 20 heavy (non-hydrogen) atoms. The second kappa shape index (κ2) is 6.24. The number of ether oxygens (including phenoxy) is 1. The summed E-state index contributed by atoms with van der Waals surface area (Å²) in [5.41, 5.74) is 7.88. The van der Waals surface area contributed by atoms with Gasteiger partial charge in [0.1, 0.15) is 17.4 Å². The van der Waals surface area contributed by atoms with Crippen LogP contribution >= 0.6 is 27.3 Å². The molecular formula is C15H19BrN2OS. The molecule has 1 aromatic carbocycles. The number of halogens is 1. The van der Waals surface area contributed by atoms with E-state index in [2.05, 4.69) is 47.1 Å². The van der Waals surface area contributed by atoms with Gasteiger partial charge in [0.05, 0.1) is 10.2 Å². The first-order valence-corrected chi connectivity index (χ1v) is 8.13. The summed E-state index contributed by atoms with van der Waals surface area (Å²) in [4.78, 5) is 4.62. The highest BCUT2D eigenvalue weighted by Crippen LogP contribution is 2.28. The van der Waals surface area contributed by atoms with E-state index in [1.807, 2.05) is 18.2 Å². The molecule has 0 unspecified atom stereocenters. The quantitative estimate of drug-likeness (QED) is 0.892. The van der Waals surface area contributed by atoms with E-state index in [1.165, 1.54) is 0 Å². The first kappa shape index (κ1) is 15.5. The number of rotatable bonds is 4. The minimum atomic E-state index is 0.0815. The normalized spacial score (nSPS) is 11.7. The van der Waals surface area contributed by atoms with Crippen LogP contribution in [0.3, 0.4) is 0 Å². The highest BCUT2D eigenvalue weighted by Gasteiger charge is 2.17. The number of hydrogen-bond acceptors (Lipinski definition) is 4. The van der Waals surface area contributed by atoms with Crippen molar-refractivity contribution in [2.24, 2.45) is 5.73 Å². The van der Waals surface area contributed by atoms with Crippen LogP contribution in [0.25, 0.3) is 0 Å². The first-order valence-electron chi connectivity index (χ1n) is 6.46. The molecule has 0 saturated carbocycles. The topological polar surface area (TPSA) is 48.1 Å². The standard InChI is InChI=1S/C15H19BrN2OS/c1-15(2,3)13-9-20-14(18-13)8-19-12-5-4-10(7-17)6-11(12)16/h4-6,9H,7-8,17H2,1-3H3. The monoisotopic (exact) mass is 354 g/mol. The highest BCUT2D eigenvalue weighted by molar-refractivity contribution is 9.10. The Hall–Kier alpha value is -0.910. The number of hydrogen-bond donors (Lipinski definition) is 1. The van der Waals surface area contributed by atoms with Gasteiger partial charge >= 0.3 is 0 Å². The van der Waals surface area contributed by atoms with E-state index in [9.17, 15) is 0 Å². The average Bonchev–Trinajstić information content (AvgIpc) is 2.86. The maximum Gasteiger partial charge on any atom is 0.140 e. The van der Waals surface area contributed by atoms with E-state index in [1.54, 1.807) is 11.3 Å². The van der Waals surface area contributed by atoms with Crippen molar-refractivity contribution in [2.45, 2.75) is 39.3 Å². The van der Waals surface area contributed by atoms with Crippen LogP contribution in [0, 0.1) is 0 Å². The summed E-state index contributed by atoms with van der Waals surface area (Å²) < 4.78 is 6.73. The Bertz CT molecular complexity index is 590. The van der Waals surface area contributed by atoms with Gasteiger partial charge in [0.2, 0.25) is 0 Å². The van der Waals surface area contributed by atoms with Gasteiger partial charge in [-0.05, 0) is 33.6 Å². The van der Waals surface area contributed by atoms with Crippen molar-refractivity contribution in [3.63, 3.8) is 0 Å². The number of benzene rings is 1. The van der Waals surface area contributed by atoms with Gasteiger partial charge in [-0.3, -0.25) is 0 Å². The molecule has 0 fully saturated rings. The molecule has 1 heterocycles. The molecule has 5 heteroatoms. The molecule has 2 aromatic rings. The summed E-state index contributed by atoms with van der Waals surface area (Å²) in [6.07, 6.45) is 0. The van der Waals surface area contributed by atoms with Crippen LogP contribution in [-0.4, -0.2) is 4.98 Å². The van der Waals surface area contributed by atoms with Gasteiger partial charge < -0.3 is 10.5 Å². The third-order valence-corrected chi connectivity index (χ3v) is 4.35. The van der Waals surface area contributed by atoms with Gasteiger partial charge in [0, 0.05) is 17.3 Å². The third-order valence-electron chi connectivity index (χ3n) is 2.90. The molecule has 0 amide bonds. The molecule has 0 bridgehead atoms. The Morgan fingerprint density at radius 2 is 2.10 bits per heavy atom. The van der Waals surface area contributed by atoms with Crippen molar-refractivity contribution in [1.29, 1.82) is 0 Å². The average molecular weight is 355 g/mol. The fraction of sp³-hybridized carbons (Fsp3) is 0.400.